The summed E-state index contributed by atoms with van der Waals surface area (Å²) in [5.74, 6) is 0.769. The number of imidazole rings is 1. The van der Waals surface area contributed by atoms with Crippen molar-refractivity contribution in [2.45, 2.75) is 23.9 Å². The molecule has 2 aromatic carbocycles. The van der Waals surface area contributed by atoms with Gasteiger partial charge >= 0.3 is 0 Å². The zero-order chi connectivity index (χ0) is 19.2. The molecule has 0 aliphatic heterocycles. The van der Waals surface area contributed by atoms with Crippen molar-refractivity contribution in [2.75, 3.05) is 7.11 Å². The van der Waals surface area contributed by atoms with Crippen LogP contribution in [-0.4, -0.2) is 28.2 Å². The molecule has 1 aromatic heterocycles. The summed E-state index contributed by atoms with van der Waals surface area (Å²) < 4.78 is 6.17. The van der Waals surface area contributed by atoms with Gasteiger partial charge in [0.25, 0.3) is 0 Å². The van der Waals surface area contributed by atoms with Crippen LogP contribution in [0.4, 0.5) is 0 Å². The molecule has 0 aliphatic rings. The number of rotatable bonds is 7. The molecule has 3 rings (SSSR count). The summed E-state index contributed by atoms with van der Waals surface area (Å²) in [4.78, 5) is 20.0. The Balaban J connectivity index is 1.54. The number of hydrogen-bond acceptors (Lipinski definition) is 4. The molecule has 0 fully saturated rings. The fourth-order valence-corrected chi connectivity index (χ4v) is 3.51. The number of hydrogen-bond donors (Lipinski definition) is 2. The summed E-state index contributed by atoms with van der Waals surface area (Å²) in [5.41, 5.74) is 3.00. The highest BCUT2D eigenvalue weighted by Crippen LogP contribution is 2.25. The molecule has 0 unspecified atom stereocenters. The zero-order valence-electron chi connectivity index (χ0n) is 15.0. The number of carbonyl (C=O) groups excluding carboxylic acids is 1. The van der Waals surface area contributed by atoms with Gasteiger partial charge in [-0.15, -0.1) is 0 Å². The van der Waals surface area contributed by atoms with Crippen LogP contribution in [0.25, 0.3) is 11.3 Å². The highest BCUT2D eigenvalue weighted by molar-refractivity contribution is 9.10. The molecule has 0 saturated heterocycles. The van der Waals surface area contributed by atoms with Gasteiger partial charge in [-0.1, -0.05) is 52.0 Å². The van der Waals surface area contributed by atoms with Gasteiger partial charge in [0.2, 0.25) is 5.91 Å². The lowest BCUT2D eigenvalue weighted by Gasteiger charge is -2.11. The lowest BCUT2D eigenvalue weighted by Crippen LogP contribution is -2.30. The highest BCUT2D eigenvalue weighted by atomic mass is 79.9. The number of nitrogens with zero attached hydrogens (tertiary/aromatic N) is 1. The number of H-pyrrole nitrogens is 1. The second-order valence-electron chi connectivity index (χ2n) is 5.93. The van der Waals surface area contributed by atoms with Crippen molar-refractivity contribution in [1.82, 2.24) is 15.3 Å². The van der Waals surface area contributed by atoms with Gasteiger partial charge in [-0.25, -0.2) is 4.98 Å². The Kier molecular flexibility index (Phi) is 6.58. The second-order valence-corrected chi connectivity index (χ2v) is 8.18. The van der Waals surface area contributed by atoms with Crippen molar-refractivity contribution in [3.63, 3.8) is 0 Å². The number of benzene rings is 2. The summed E-state index contributed by atoms with van der Waals surface area (Å²) in [7, 11) is 1.63. The number of ether oxygens (including phenoxy) is 1. The van der Waals surface area contributed by atoms with Crippen LogP contribution < -0.4 is 10.1 Å². The molecule has 0 bridgehead atoms. The van der Waals surface area contributed by atoms with Crippen LogP contribution in [0.5, 0.6) is 5.75 Å². The number of carbonyl (C=O) groups is 1. The van der Waals surface area contributed by atoms with Gasteiger partial charge in [0.15, 0.2) is 5.16 Å². The first-order chi connectivity index (χ1) is 13.0. The van der Waals surface area contributed by atoms with Crippen molar-refractivity contribution in [2.24, 2.45) is 0 Å². The third-order valence-corrected chi connectivity index (χ3v) is 5.52. The third-order valence-electron chi connectivity index (χ3n) is 3.99. The number of nitrogens with one attached hydrogen (secondary N) is 2. The summed E-state index contributed by atoms with van der Waals surface area (Å²) in [6.45, 7) is 2.35. The lowest BCUT2D eigenvalue weighted by atomic mass is 10.2. The molecular weight excluding hydrogens is 426 g/mol. The SMILES string of the molecule is COc1ccc(CNC(=O)[C@@H](C)Sc2ncc(-c3ccc(Br)cc3)[nH]2)cc1. The molecule has 5 nitrogen and oxygen atoms in total. The van der Waals surface area contributed by atoms with Crippen LogP contribution in [-0.2, 0) is 11.3 Å². The lowest BCUT2D eigenvalue weighted by molar-refractivity contribution is -0.120. The summed E-state index contributed by atoms with van der Waals surface area (Å²) >= 11 is 4.83. The molecule has 0 saturated carbocycles. The van der Waals surface area contributed by atoms with Crippen molar-refractivity contribution >= 4 is 33.6 Å². The minimum atomic E-state index is -0.257. The zero-order valence-corrected chi connectivity index (χ0v) is 17.4. The van der Waals surface area contributed by atoms with Crippen LogP contribution in [0.1, 0.15) is 12.5 Å². The predicted molar refractivity (Wildman–Crippen MR) is 112 cm³/mol. The molecular formula is C20H20BrN3O2S. The van der Waals surface area contributed by atoms with Gasteiger partial charge < -0.3 is 15.0 Å². The normalized spacial score (nSPS) is 11.8. The first-order valence-electron chi connectivity index (χ1n) is 8.43. The quantitative estimate of drug-likeness (QED) is 0.519. The van der Waals surface area contributed by atoms with Gasteiger partial charge in [-0.3, -0.25) is 4.79 Å². The number of thioether (sulfide) groups is 1. The second kappa shape index (κ2) is 9.10. The molecule has 27 heavy (non-hydrogen) atoms. The van der Waals surface area contributed by atoms with Crippen molar-refractivity contribution < 1.29 is 9.53 Å². The Morgan fingerprint density at radius 3 is 2.59 bits per heavy atom. The monoisotopic (exact) mass is 445 g/mol. The number of methoxy groups -OCH3 is 1. The van der Waals surface area contributed by atoms with Gasteiger partial charge in [0.05, 0.1) is 24.3 Å². The average Bonchev–Trinajstić information content (AvgIpc) is 3.15. The van der Waals surface area contributed by atoms with E-state index in [0.717, 1.165) is 32.2 Å². The molecule has 0 aliphatic carbocycles. The Labute approximate surface area is 171 Å². The van der Waals surface area contributed by atoms with Gasteiger partial charge in [-0.2, -0.15) is 0 Å². The molecule has 1 heterocycles. The summed E-state index contributed by atoms with van der Waals surface area (Å²) in [6.07, 6.45) is 1.79. The first-order valence-corrected chi connectivity index (χ1v) is 10.1. The van der Waals surface area contributed by atoms with Crippen LogP contribution in [0.3, 0.4) is 0 Å². The summed E-state index contributed by atoms with van der Waals surface area (Å²) in [5, 5.41) is 3.42. The fourth-order valence-electron chi connectivity index (χ4n) is 2.44. The molecule has 7 heteroatoms. The van der Waals surface area contributed by atoms with Crippen LogP contribution in [0, 0.1) is 0 Å². The van der Waals surface area contributed by atoms with Crippen molar-refractivity contribution in [3.8, 4) is 17.0 Å². The van der Waals surface area contributed by atoms with E-state index in [0.29, 0.717) is 6.54 Å². The van der Waals surface area contributed by atoms with E-state index in [-0.39, 0.29) is 11.2 Å². The Morgan fingerprint density at radius 2 is 1.93 bits per heavy atom. The number of aromatic nitrogens is 2. The molecule has 1 atom stereocenters. The topological polar surface area (TPSA) is 67.0 Å². The predicted octanol–water partition coefficient (Wildman–Crippen LogP) is 4.64. The minimum absolute atomic E-state index is 0.0302. The minimum Gasteiger partial charge on any atom is -0.497 e. The molecule has 2 N–H and O–H groups in total. The Morgan fingerprint density at radius 1 is 1.22 bits per heavy atom. The van der Waals surface area contributed by atoms with E-state index in [9.17, 15) is 4.79 Å². The smallest absolute Gasteiger partial charge is 0.233 e. The van der Waals surface area contributed by atoms with E-state index in [1.54, 1.807) is 13.3 Å². The molecule has 1 amide bonds. The third kappa shape index (κ3) is 5.37. The van der Waals surface area contributed by atoms with Gasteiger partial charge in [0.1, 0.15) is 5.75 Å². The standard InChI is InChI=1S/C20H20BrN3O2S/c1-13(19(25)22-11-14-3-9-17(26-2)10-4-14)27-20-23-12-18(24-20)15-5-7-16(21)8-6-15/h3-10,12-13H,11H2,1-2H3,(H,22,25)(H,23,24)/t13-/m1/s1. The van der Waals surface area contributed by atoms with Crippen LogP contribution in [0.15, 0.2) is 64.4 Å². The Hall–Kier alpha value is -2.25. The maximum Gasteiger partial charge on any atom is 0.233 e. The first kappa shape index (κ1) is 19.5. The van der Waals surface area contributed by atoms with Crippen molar-refractivity contribution in [1.29, 1.82) is 0 Å². The molecule has 0 radical (unpaired) electrons. The largest absolute Gasteiger partial charge is 0.497 e. The fraction of sp³-hybridized carbons (Fsp3) is 0.200. The van der Waals surface area contributed by atoms with E-state index in [1.165, 1.54) is 11.8 Å². The van der Waals surface area contributed by atoms with Crippen molar-refractivity contribution in [3.05, 3.63) is 64.8 Å². The van der Waals surface area contributed by atoms with E-state index in [4.69, 9.17) is 4.74 Å². The molecule has 140 valence electrons. The number of aromatic amines is 1. The van der Waals surface area contributed by atoms with Crippen LogP contribution in [0.2, 0.25) is 0 Å². The van der Waals surface area contributed by atoms with Gasteiger partial charge in [-0.05, 0) is 42.3 Å². The number of halogens is 1. The maximum absolute atomic E-state index is 12.4. The van der Waals surface area contributed by atoms with E-state index in [1.807, 2.05) is 55.5 Å². The maximum atomic E-state index is 12.4. The van der Waals surface area contributed by atoms with E-state index < -0.39 is 0 Å². The highest BCUT2D eigenvalue weighted by Gasteiger charge is 2.16. The Bertz CT molecular complexity index is 894. The molecule has 3 aromatic rings. The van der Waals surface area contributed by atoms with E-state index in [2.05, 4.69) is 31.2 Å². The van der Waals surface area contributed by atoms with E-state index >= 15 is 0 Å². The van der Waals surface area contributed by atoms with Gasteiger partial charge in [0, 0.05) is 11.0 Å². The number of amides is 1. The van der Waals surface area contributed by atoms with Crippen LogP contribution >= 0.6 is 27.7 Å². The average molecular weight is 446 g/mol. The summed E-state index contributed by atoms with van der Waals surface area (Å²) in [6, 6.07) is 15.6. The molecule has 0 spiro atoms.